The fourth-order valence-electron chi connectivity index (χ4n) is 3.70. The molecule has 2 aromatic carbocycles. The van der Waals surface area contributed by atoms with Crippen LogP contribution in [0.5, 0.6) is 5.75 Å². The number of benzene rings is 2. The second-order valence-corrected chi connectivity index (χ2v) is 7.76. The maximum absolute atomic E-state index is 13.6. The third-order valence-corrected chi connectivity index (χ3v) is 5.20. The number of fused-ring (bicyclic) bond motifs is 1. The second kappa shape index (κ2) is 7.39. The van der Waals surface area contributed by atoms with E-state index in [0.717, 1.165) is 0 Å². The van der Waals surface area contributed by atoms with Crippen LogP contribution in [0.25, 0.3) is 0 Å². The number of anilines is 1. The predicted octanol–water partition coefficient (Wildman–Crippen LogP) is 2.50. The van der Waals surface area contributed by atoms with Gasteiger partial charge in [-0.05, 0) is 61.5 Å². The summed E-state index contributed by atoms with van der Waals surface area (Å²) < 4.78 is 19.6. The first-order valence-electron chi connectivity index (χ1n) is 9.45. The zero-order valence-electron chi connectivity index (χ0n) is 16.8. The number of rotatable bonds is 4. The molecule has 0 saturated heterocycles. The Morgan fingerprint density at radius 1 is 1.27 bits per heavy atom. The number of aryl methyl sites for hydroxylation is 1. The van der Waals surface area contributed by atoms with Crippen LogP contribution in [-0.4, -0.2) is 37.0 Å². The number of tetrazole rings is 1. The summed E-state index contributed by atoms with van der Waals surface area (Å²) in [6.45, 7) is 3.82. The van der Waals surface area contributed by atoms with Crippen LogP contribution >= 0.6 is 0 Å². The van der Waals surface area contributed by atoms with Crippen molar-refractivity contribution in [2.24, 2.45) is 7.05 Å². The molecule has 0 saturated carbocycles. The molecule has 0 radical (unpaired) electrons. The van der Waals surface area contributed by atoms with Gasteiger partial charge >= 0.3 is 0 Å². The first-order valence-corrected chi connectivity index (χ1v) is 9.45. The molecule has 8 nitrogen and oxygen atoms in total. The molecule has 0 fully saturated rings. The molecule has 9 heteroatoms. The fourth-order valence-corrected chi connectivity index (χ4v) is 3.70. The number of aliphatic hydroxyl groups is 1. The molecule has 154 valence electrons. The van der Waals surface area contributed by atoms with Crippen molar-refractivity contribution in [2.45, 2.75) is 38.1 Å². The Morgan fingerprint density at radius 2 is 2.00 bits per heavy atom. The van der Waals surface area contributed by atoms with Crippen molar-refractivity contribution >= 4 is 5.69 Å². The van der Waals surface area contributed by atoms with E-state index in [9.17, 15) is 14.8 Å². The monoisotopic (exact) mass is 408 g/mol. The molecule has 30 heavy (non-hydrogen) atoms. The normalized spacial score (nSPS) is 19.5. The van der Waals surface area contributed by atoms with E-state index in [-0.39, 0.29) is 12.4 Å². The molecular formula is C21H21FN6O2. The van der Waals surface area contributed by atoms with Crippen molar-refractivity contribution in [3.8, 4) is 11.8 Å². The molecule has 1 aliphatic heterocycles. The summed E-state index contributed by atoms with van der Waals surface area (Å²) in [4.78, 5) is 3.23. The molecular weight excluding hydrogens is 387 g/mol. The highest BCUT2D eigenvalue weighted by atomic mass is 19.1. The van der Waals surface area contributed by atoms with Gasteiger partial charge in [-0.3, -0.25) is 0 Å². The van der Waals surface area contributed by atoms with Gasteiger partial charge in [0.1, 0.15) is 23.3 Å². The van der Waals surface area contributed by atoms with Crippen molar-refractivity contribution in [3.63, 3.8) is 0 Å². The highest BCUT2D eigenvalue weighted by Crippen LogP contribution is 2.45. The molecule has 0 unspecified atom stereocenters. The van der Waals surface area contributed by atoms with Gasteiger partial charge in [-0.15, -0.1) is 10.2 Å². The highest BCUT2D eigenvalue weighted by Gasteiger charge is 2.46. The van der Waals surface area contributed by atoms with E-state index in [2.05, 4.69) is 21.5 Å². The number of ether oxygens (including phenoxy) is 1. The third kappa shape index (κ3) is 3.57. The van der Waals surface area contributed by atoms with Crippen molar-refractivity contribution in [1.82, 2.24) is 20.2 Å². The minimum atomic E-state index is -0.958. The van der Waals surface area contributed by atoms with Gasteiger partial charge in [-0.25, -0.2) is 4.39 Å². The maximum atomic E-state index is 13.6. The zero-order valence-corrected chi connectivity index (χ0v) is 16.8. The molecule has 3 aromatic rings. The smallest absolute Gasteiger partial charge is 0.194 e. The lowest BCUT2D eigenvalue weighted by molar-refractivity contribution is -0.0590. The number of aliphatic hydroxyl groups excluding tert-OH is 1. The minimum absolute atomic E-state index is 0.216. The van der Waals surface area contributed by atoms with Gasteiger partial charge in [0, 0.05) is 11.3 Å². The van der Waals surface area contributed by atoms with Gasteiger partial charge in [-0.1, -0.05) is 0 Å². The summed E-state index contributed by atoms with van der Waals surface area (Å²) in [7, 11) is 1.67. The Morgan fingerprint density at radius 3 is 2.63 bits per heavy atom. The quantitative estimate of drug-likeness (QED) is 0.708. The lowest BCUT2D eigenvalue weighted by Crippen LogP contribution is -2.53. The van der Waals surface area contributed by atoms with Gasteiger partial charge in [0.05, 0.1) is 31.3 Å². The summed E-state index contributed by atoms with van der Waals surface area (Å²) in [5.41, 5.74) is 0.874. The van der Waals surface area contributed by atoms with E-state index in [1.165, 1.54) is 16.9 Å². The van der Waals surface area contributed by atoms with Crippen LogP contribution < -0.4 is 9.64 Å². The average Bonchev–Trinajstić information content (AvgIpc) is 3.13. The Bertz CT molecular complexity index is 1110. The maximum Gasteiger partial charge on any atom is 0.194 e. The lowest BCUT2D eigenvalue weighted by atomic mass is 9.84. The third-order valence-electron chi connectivity index (χ3n) is 5.20. The van der Waals surface area contributed by atoms with E-state index in [1.807, 2.05) is 4.90 Å². The largest absolute Gasteiger partial charge is 0.485 e. The van der Waals surface area contributed by atoms with E-state index in [0.29, 0.717) is 28.4 Å². The van der Waals surface area contributed by atoms with E-state index < -0.39 is 17.7 Å². The molecule has 4 rings (SSSR count). The molecule has 0 aliphatic carbocycles. The Kier molecular flexibility index (Phi) is 4.87. The standard InChI is InChI=1S/C21H21FN6O2/c1-21(2)20(29)19(16-10-13(11-23)4-9-17(16)30-21)28(12-18-24-26-27(3)25-18)15-7-5-14(22)6-8-15/h4-10,19-20,29H,12H2,1-3H3/t19-,20+/m0/s1. The summed E-state index contributed by atoms with van der Waals surface area (Å²) in [6, 6.07) is 12.6. The fraction of sp³-hybridized carbons (Fsp3) is 0.333. The summed E-state index contributed by atoms with van der Waals surface area (Å²) in [5, 5.41) is 32.9. The van der Waals surface area contributed by atoms with E-state index >= 15 is 0 Å². The van der Waals surface area contributed by atoms with Crippen LogP contribution in [0, 0.1) is 17.1 Å². The number of nitriles is 1. The predicted molar refractivity (Wildman–Crippen MR) is 106 cm³/mol. The molecule has 0 amide bonds. The van der Waals surface area contributed by atoms with Crippen molar-refractivity contribution in [1.29, 1.82) is 5.26 Å². The van der Waals surface area contributed by atoms with Gasteiger partial charge in [0.2, 0.25) is 0 Å². The number of aromatic nitrogens is 4. The van der Waals surface area contributed by atoms with Crippen LogP contribution in [0.1, 0.15) is 36.8 Å². The molecule has 1 aromatic heterocycles. The first kappa shape index (κ1) is 19.8. The van der Waals surface area contributed by atoms with Gasteiger partial charge in [0.25, 0.3) is 0 Å². The van der Waals surface area contributed by atoms with Crippen molar-refractivity contribution < 1.29 is 14.2 Å². The molecule has 2 heterocycles. The summed E-state index contributed by atoms with van der Waals surface area (Å²) >= 11 is 0. The van der Waals surface area contributed by atoms with E-state index in [4.69, 9.17) is 4.74 Å². The van der Waals surface area contributed by atoms with Crippen molar-refractivity contribution in [3.05, 3.63) is 65.2 Å². The molecule has 0 spiro atoms. The topological polar surface area (TPSA) is 100 Å². The van der Waals surface area contributed by atoms with Crippen LogP contribution in [0.15, 0.2) is 42.5 Å². The first-order chi connectivity index (χ1) is 14.3. The second-order valence-electron chi connectivity index (χ2n) is 7.76. The van der Waals surface area contributed by atoms with Gasteiger partial charge < -0.3 is 14.7 Å². The number of hydrogen-bond donors (Lipinski definition) is 1. The van der Waals surface area contributed by atoms with Gasteiger partial charge in [0.15, 0.2) is 5.82 Å². The Labute approximate surface area is 173 Å². The van der Waals surface area contributed by atoms with Crippen LogP contribution in [0.2, 0.25) is 0 Å². The molecule has 0 bridgehead atoms. The molecule has 1 aliphatic rings. The average molecular weight is 408 g/mol. The van der Waals surface area contributed by atoms with Crippen LogP contribution in [0.3, 0.4) is 0 Å². The van der Waals surface area contributed by atoms with Crippen molar-refractivity contribution in [2.75, 3.05) is 4.90 Å². The number of halogens is 1. The Hall–Kier alpha value is -3.51. The summed E-state index contributed by atoms with van der Waals surface area (Å²) in [6.07, 6.45) is -0.958. The Balaban J connectivity index is 1.87. The summed E-state index contributed by atoms with van der Waals surface area (Å²) in [5.74, 6) is 0.654. The van der Waals surface area contributed by atoms with Gasteiger partial charge in [-0.2, -0.15) is 10.1 Å². The minimum Gasteiger partial charge on any atom is -0.485 e. The van der Waals surface area contributed by atoms with E-state index in [1.54, 1.807) is 51.2 Å². The zero-order chi connectivity index (χ0) is 21.5. The lowest BCUT2D eigenvalue weighted by Gasteiger charge is -2.46. The SMILES string of the molecule is Cn1nnc(CN(c2ccc(F)cc2)[C@H]2c3cc(C#N)ccc3OC(C)(C)[C@@H]2O)n1. The number of hydrogen-bond acceptors (Lipinski definition) is 7. The van der Waals surface area contributed by atoms with Crippen LogP contribution in [-0.2, 0) is 13.6 Å². The molecule has 2 atom stereocenters. The highest BCUT2D eigenvalue weighted by molar-refractivity contribution is 5.54. The molecule has 1 N–H and O–H groups in total. The number of nitrogens with zero attached hydrogens (tertiary/aromatic N) is 6. The van der Waals surface area contributed by atoms with Crippen LogP contribution in [0.4, 0.5) is 10.1 Å².